The van der Waals surface area contributed by atoms with E-state index in [4.69, 9.17) is 10.8 Å². The van der Waals surface area contributed by atoms with Crippen molar-refractivity contribution < 1.29 is 4.42 Å². The van der Waals surface area contributed by atoms with Crippen LogP contribution in [0.2, 0.25) is 0 Å². The van der Waals surface area contributed by atoms with Gasteiger partial charge in [-0.25, -0.2) is 4.79 Å². The van der Waals surface area contributed by atoms with Crippen LogP contribution in [0.4, 0.5) is 0 Å². The van der Waals surface area contributed by atoms with Gasteiger partial charge in [-0.2, -0.15) is 0 Å². The third-order valence-electron chi connectivity index (χ3n) is 1.81. The fourth-order valence-electron chi connectivity index (χ4n) is 1.23. The summed E-state index contributed by atoms with van der Waals surface area (Å²) in [6.45, 7) is 0. The first-order valence-electron chi connectivity index (χ1n) is 3.81. The Balaban J connectivity index is 3.00. The molecule has 0 saturated heterocycles. The van der Waals surface area contributed by atoms with E-state index in [1.54, 1.807) is 12.1 Å². The highest BCUT2D eigenvalue weighted by atomic mass is 16.4. The molecule has 0 atom stereocenters. The Labute approximate surface area is 74.8 Å². The van der Waals surface area contributed by atoms with Gasteiger partial charge >= 0.3 is 5.63 Å². The van der Waals surface area contributed by atoms with Crippen molar-refractivity contribution in [2.45, 2.75) is 0 Å². The first-order valence-corrected chi connectivity index (χ1v) is 3.81. The van der Waals surface area contributed by atoms with Crippen molar-refractivity contribution in [1.82, 2.24) is 0 Å². The van der Waals surface area contributed by atoms with Gasteiger partial charge in [-0.05, 0) is 12.1 Å². The van der Waals surface area contributed by atoms with Crippen LogP contribution in [-0.2, 0) is 0 Å². The molecular weight excluding hydrogens is 164 g/mol. The monoisotopic (exact) mass is 170 g/mol. The second-order valence-corrected chi connectivity index (χ2v) is 2.62. The Morgan fingerprint density at radius 1 is 1.31 bits per heavy atom. The molecule has 0 N–H and O–H groups in total. The third-order valence-corrected chi connectivity index (χ3v) is 1.81. The zero-order valence-electron chi connectivity index (χ0n) is 6.78. The van der Waals surface area contributed by atoms with Crippen LogP contribution in [0.1, 0.15) is 5.56 Å². The van der Waals surface area contributed by atoms with Crippen LogP contribution in [0.3, 0.4) is 0 Å². The highest BCUT2D eigenvalue weighted by Crippen LogP contribution is 2.14. The lowest BCUT2D eigenvalue weighted by molar-refractivity contribution is 0.560. The summed E-state index contributed by atoms with van der Waals surface area (Å²) in [6, 6.07) is 8.52. The minimum atomic E-state index is -0.411. The van der Waals surface area contributed by atoms with E-state index in [0.29, 0.717) is 11.1 Å². The topological polar surface area (TPSA) is 30.2 Å². The maximum atomic E-state index is 11.0. The van der Waals surface area contributed by atoms with Gasteiger partial charge in [0.05, 0.1) is 0 Å². The van der Waals surface area contributed by atoms with Gasteiger partial charge in [-0.15, -0.1) is 6.42 Å². The molecule has 2 heteroatoms. The number of rotatable bonds is 0. The van der Waals surface area contributed by atoms with Crippen molar-refractivity contribution in [2.75, 3.05) is 0 Å². The molecule has 62 valence electrons. The molecule has 0 saturated carbocycles. The van der Waals surface area contributed by atoms with Crippen molar-refractivity contribution >= 4 is 11.0 Å². The van der Waals surface area contributed by atoms with Crippen LogP contribution >= 0.6 is 0 Å². The van der Waals surface area contributed by atoms with Crippen molar-refractivity contribution in [3.05, 3.63) is 46.3 Å². The number of benzene rings is 1. The SMILES string of the molecule is C#Cc1cc(=O)oc2ccccc12. The largest absolute Gasteiger partial charge is 0.423 e. The normalized spacial score (nSPS) is 9.77. The number of hydrogen-bond acceptors (Lipinski definition) is 2. The van der Waals surface area contributed by atoms with Gasteiger partial charge < -0.3 is 4.42 Å². The van der Waals surface area contributed by atoms with Gasteiger partial charge in [0.2, 0.25) is 0 Å². The fourth-order valence-corrected chi connectivity index (χ4v) is 1.23. The quantitative estimate of drug-likeness (QED) is 0.445. The van der Waals surface area contributed by atoms with Gasteiger partial charge in [0.15, 0.2) is 0 Å². The Morgan fingerprint density at radius 3 is 2.85 bits per heavy atom. The van der Waals surface area contributed by atoms with E-state index in [1.807, 2.05) is 12.1 Å². The molecular formula is C11H6O2. The summed E-state index contributed by atoms with van der Waals surface area (Å²) in [5, 5.41) is 0.796. The maximum Gasteiger partial charge on any atom is 0.337 e. The Hall–Kier alpha value is -2.01. The zero-order chi connectivity index (χ0) is 9.26. The van der Waals surface area contributed by atoms with Crippen molar-refractivity contribution in [3.8, 4) is 12.3 Å². The molecule has 0 bridgehead atoms. The molecule has 0 aliphatic carbocycles. The summed E-state index contributed by atoms with van der Waals surface area (Å²) in [5.74, 6) is 2.45. The van der Waals surface area contributed by atoms with Crippen LogP contribution in [0.15, 0.2) is 39.5 Å². The number of terminal acetylenes is 1. The smallest absolute Gasteiger partial charge is 0.337 e. The van der Waals surface area contributed by atoms with Gasteiger partial charge in [0.25, 0.3) is 0 Å². The fraction of sp³-hybridized carbons (Fsp3) is 0. The Bertz CT molecular complexity index is 544. The molecule has 13 heavy (non-hydrogen) atoms. The van der Waals surface area contributed by atoms with Crippen molar-refractivity contribution in [1.29, 1.82) is 0 Å². The molecule has 1 aromatic carbocycles. The van der Waals surface area contributed by atoms with Crippen molar-refractivity contribution in [2.24, 2.45) is 0 Å². The zero-order valence-corrected chi connectivity index (χ0v) is 6.78. The second-order valence-electron chi connectivity index (χ2n) is 2.62. The lowest BCUT2D eigenvalue weighted by Gasteiger charge is -1.96. The van der Waals surface area contributed by atoms with Gasteiger partial charge in [0.1, 0.15) is 5.58 Å². The van der Waals surface area contributed by atoms with Crippen molar-refractivity contribution in [3.63, 3.8) is 0 Å². The van der Waals surface area contributed by atoms with Crippen LogP contribution in [-0.4, -0.2) is 0 Å². The number of para-hydroxylation sites is 1. The average molecular weight is 170 g/mol. The predicted molar refractivity (Wildman–Crippen MR) is 50.4 cm³/mol. The Morgan fingerprint density at radius 2 is 2.08 bits per heavy atom. The summed E-state index contributed by atoms with van der Waals surface area (Å²) in [5.41, 5.74) is 0.696. The molecule has 1 heterocycles. The lowest BCUT2D eigenvalue weighted by Crippen LogP contribution is -1.97. The first kappa shape index (κ1) is 7.63. The molecule has 2 rings (SSSR count). The molecule has 0 amide bonds. The molecule has 0 fully saturated rings. The third kappa shape index (κ3) is 1.21. The van der Waals surface area contributed by atoms with E-state index in [9.17, 15) is 4.79 Å². The van der Waals surface area contributed by atoms with E-state index in [2.05, 4.69) is 5.92 Å². The lowest BCUT2D eigenvalue weighted by atomic mass is 10.1. The standard InChI is InChI=1S/C11H6O2/c1-2-8-7-11(12)13-10-6-4-3-5-9(8)10/h1,3-7H. The first-order chi connectivity index (χ1) is 6.31. The number of fused-ring (bicyclic) bond motifs is 1. The summed E-state index contributed by atoms with van der Waals surface area (Å²) in [4.78, 5) is 11.0. The summed E-state index contributed by atoms with van der Waals surface area (Å²) < 4.78 is 4.95. The van der Waals surface area contributed by atoms with E-state index < -0.39 is 5.63 Å². The summed E-state index contributed by atoms with van der Waals surface area (Å²) in [6.07, 6.45) is 5.25. The van der Waals surface area contributed by atoms with E-state index in [1.165, 1.54) is 6.07 Å². The highest BCUT2D eigenvalue weighted by Gasteiger charge is 2.00. The average Bonchev–Trinajstić information content (AvgIpc) is 2.16. The second kappa shape index (κ2) is 2.80. The minimum absolute atomic E-state index is 0.411. The minimum Gasteiger partial charge on any atom is -0.423 e. The van der Waals surface area contributed by atoms with Crippen LogP contribution in [0, 0.1) is 12.3 Å². The highest BCUT2D eigenvalue weighted by molar-refractivity contribution is 5.82. The molecule has 0 aliphatic heterocycles. The van der Waals surface area contributed by atoms with Gasteiger partial charge in [-0.1, -0.05) is 18.1 Å². The van der Waals surface area contributed by atoms with E-state index in [0.717, 1.165) is 5.39 Å². The molecule has 2 aromatic rings. The van der Waals surface area contributed by atoms with Gasteiger partial charge in [-0.3, -0.25) is 0 Å². The summed E-state index contributed by atoms with van der Waals surface area (Å²) in [7, 11) is 0. The van der Waals surface area contributed by atoms with E-state index in [-0.39, 0.29) is 0 Å². The van der Waals surface area contributed by atoms with E-state index >= 15 is 0 Å². The summed E-state index contributed by atoms with van der Waals surface area (Å²) >= 11 is 0. The van der Waals surface area contributed by atoms with Crippen LogP contribution in [0.5, 0.6) is 0 Å². The molecule has 0 spiro atoms. The molecule has 1 aromatic heterocycles. The van der Waals surface area contributed by atoms with Crippen LogP contribution < -0.4 is 5.63 Å². The molecule has 0 aliphatic rings. The molecule has 0 radical (unpaired) electrons. The maximum absolute atomic E-state index is 11.0. The Kier molecular flexibility index (Phi) is 1.64. The molecule has 2 nitrogen and oxygen atoms in total. The number of hydrogen-bond donors (Lipinski definition) is 0. The predicted octanol–water partition coefficient (Wildman–Crippen LogP) is 1.77. The molecule has 0 unspecified atom stereocenters. The van der Waals surface area contributed by atoms with Gasteiger partial charge in [0, 0.05) is 17.0 Å². The van der Waals surface area contributed by atoms with Crippen LogP contribution in [0.25, 0.3) is 11.0 Å².